The Hall–Kier alpha value is -8.89. The fraction of sp³-hybridized carbons (Fsp3) is 0.720. The smallest absolute Gasteiger partial charge is 0.335 e. The van der Waals surface area contributed by atoms with Gasteiger partial charge in [-0.05, 0) is 71.6 Å². The van der Waals surface area contributed by atoms with Gasteiger partial charge in [0.25, 0.3) is 11.8 Å². The molecule has 0 aliphatic carbocycles. The second kappa shape index (κ2) is 49.4. The molecule has 4 saturated heterocycles. The lowest BCUT2D eigenvalue weighted by Gasteiger charge is -2.44. The van der Waals surface area contributed by atoms with E-state index in [0.29, 0.717) is 17.7 Å². The summed E-state index contributed by atoms with van der Waals surface area (Å²) in [6, 6.07) is -11.4. The number of esters is 1. The number of carbonyl (C=O) groups is 13. The molecule has 4 aliphatic heterocycles. The summed E-state index contributed by atoms with van der Waals surface area (Å²) in [5.74, 6) is -19.1. The van der Waals surface area contributed by atoms with Crippen molar-refractivity contribution < 1.29 is 172 Å². The summed E-state index contributed by atoms with van der Waals surface area (Å²) in [6.07, 6.45) is -36.5. The summed E-state index contributed by atoms with van der Waals surface area (Å²) in [6.45, 7) is 4.18. The Morgan fingerprint density at radius 1 is 0.653 bits per heavy atom. The molecule has 4 aliphatic rings. The fourth-order valence-corrected chi connectivity index (χ4v) is 13.5. The van der Waals surface area contributed by atoms with Crippen molar-refractivity contribution in [2.24, 2.45) is 11.5 Å². The maximum atomic E-state index is 15.2. The predicted molar refractivity (Wildman–Crippen MR) is 409 cm³/mol. The first-order valence-electron chi connectivity index (χ1n) is 39.8. The average Bonchev–Trinajstić information content (AvgIpc) is 0.811. The van der Waals surface area contributed by atoms with Gasteiger partial charge in [-0.1, -0.05) is 95.8 Å². The zero-order valence-electron chi connectivity index (χ0n) is 68.0. The Bertz CT molecular complexity index is 3640. The van der Waals surface area contributed by atoms with Crippen LogP contribution in [0, 0.1) is 0 Å². The largest absolute Gasteiger partial charge is 0.508 e. The van der Waals surface area contributed by atoms with Crippen LogP contribution in [0.25, 0.3) is 0 Å². The first kappa shape index (κ1) is 103. The van der Waals surface area contributed by atoms with Gasteiger partial charge in [-0.25, -0.2) is 9.59 Å². The van der Waals surface area contributed by atoms with E-state index in [1.54, 1.807) is 0 Å². The number of cyclic esters (lactones) is 1. The normalized spacial score (nSPS) is 31.4. The number of unbranched alkanes of at least 4 members (excludes halogenated alkanes) is 10. The summed E-state index contributed by atoms with van der Waals surface area (Å²) in [4.78, 5) is 184. The van der Waals surface area contributed by atoms with Crippen LogP contribution in [0.15, 0.2) is 36.0 Å². The summed E-state index contributed by atoms with van der Waals surface area (Å²) in [5.41, 5.74) is 9.95. The second-order valence-electron chi connectivity index (χ2n) is 30.1. The Balaban J connectivity index is 1.62. The van der Waals surface area contributed by atoms with Gasteiger partial charge in [0.05, 0.1) is 44.2 Å². The van der Waals surface area contributed by atoms with Crippen LogP contribution >= 0.6 is 0 Å². The number of rotatable bonds is 36. The fourth-order valence-electron chi connectivity index (χ4n) is 13.5. The lowest BCUT2D eigenvalue weighted by Crippen LogP contribution is -2.65. The number of ether oxygens (including phenoxy) is 7. The molecule has 0 saturated carbocycles. The highest BCUT2D eigenvalue weighted by Gasteiger charge is 2.53. The number of hydrogen-bond acceptors (Lipinski definition) is 34. The highest BCUT2D eigenvalue weighted by Crippen LogP contribution is 2.31. The number of aliphatic hydroxyl groups is 13. The molecule has 0 aromatic heterocycles. The van der Waals surface area contributed by atoms with Gasteiger partial charge in [0.1, 0.15) is 127 Å². The molecule has 27 N–H and O–H groups in total. The van der Waals surface area contributed by atoms with E-state index in [1.807, 2.05) is 0 Å². The van der Waals surface area contributed by atoms with Gasteiger partial charge in [0.2, 0.25) is 53.2 Å². The molecular weight excluding hydrogens is 1610 g/mol. The molecule has 684 valence electrons. The number of allylic oxidation sites excluding steroid dienone is 1. The number of hydrogen-bond donors (Lipinski definition) is 25. The summed E-state index contributed by atoms with van der Waals surface area (Å²) >= 11 is 0. The van der Waals surface area contributed by atoms with E-state index in [0.717, 1.165) is 116 Å². The number of aliphatic hydroxyl groups excluding tert-OH is 13. The van der Waals surface area contributed by atoms with Crippen molar-refractivity contribution in [3.8, 4) is 5.75 Å². The van der Waals surface area contributed by atoms with Crippen molar-refractivity contribution in [3.63, 3.8) is 0 Å². The number of phenolic OH excluding ortho intramolecular Hbond substituents is 1. The molecule has 0 spiro atoms. The minimum atomic E-state index is -2.51. The van der Waals surface area contributed by atoms with Crippen LogP contribution in [0.4, 0.5) is 0 Å². The van der Waals surface area contributed by atoms with Crippen LogP contribution < -0.4 is 54.0 Å². The molecule has 46 nitrogen and oxygen atoms in total. The maximum Gasteiger partial charge on any atom is 0.335 e. The zero-order valence-corrected chi connectivity index (χ0v) is 68.0. The van der Waals surface area contributed by atoms with Crippen LogP contribution in [0.5, 0.6) is 5.75 Å². The number of amides is 11. The minimum absolute atomic E-state index is 0.171. The molecule has 0 bridgehead atoms. The Kier molecular flexibility index (Phi) is 41.9. The van der Waals surface area contributed by atoms with Crippen molar-refractivity contribution in [1.82, 2.24) is 47.4 Å². The van der Waals surface area contributed by atoms with E-state index >= 15 is 9.59 Å². The number of carbonyl (C=O) groups excluding carboxylic acids is 12. The molecule has 46 heteroatoms. The molecule has 28 atom stereocenters. The number of aromatic hydroxyl groups is 1. The number of nitrogens with one attached hydrogen (secondary N) is 8. The number of aliphatic carboxylic acids is 1. The highest BCUT2D eigenvalue weighted by atomic mass is 16.7. The molecule has 5 rings (SSSR count). The third kappa shape index (κ3) is 30.0. The summed E-state index contributed by atoms with van der Waals surface area (Å²) in [5, 5.41) is 180. The third-order valence-electron chi connectivity index (χ3n) is 20.7. The van der Waals surface area contributed by atoms with Crippen LogP contribution in [-0.2, 0) is 95.5 Å². The van der Waals surface area contributed by atoms with E-state index in [1.165, 1.54) is 6.92 Å². The number of nitrogens with zero attached hydrogens (tertiary/aromatic N) is 1. The topological polar surface area (TPSA) is 741 Å². The van der Waals surface area contributed by atoms with Gasteiger partial charge < -0.3 is 169 Å². The van der Waals surface area contributed by atoms with Crippen molar-refractivity contribution in [2.45, 2.75) is 315 Å². The first-order valence-corrected chi connectivity index (χ1v) is 39.8. The van der Waals surface area contributed by atoms with E-state index in [4.69, 9.17) is 44.6 Å². The molecule has 4 heterocycles. The van der Waals surface area contributed by atoms with E-state index in [-0.39, 0.29) is 24.2 Å². The lowest BCUT2D eigenvalue weighted by atomic mass is 9.98. The van der Waals surface area contributed by atoms with Crippen molar-refractivity contribution in [1.29, 1.82) is 0 Å². The molecule has 1 aromatic rings. The van der Waals surface area contributed by atoms with Gasteiger partial charge in [-0.3, -0.25) is 52.7 Å². The van der Waals surface area contributed by atoms with Gasteiger partial charge >= 0.3 is 11.9 Å². The molecular formula is C75H119N11O35. The molecule has 12 unspecified atom stereocenters. The molecule has 4 fully saturated rings. The van der Waals surface area contributed by atoms with Crippen molar-refractivity contribution in [2.75, 3.05) is 26.8 Å². The van der Waals surface area contributed by atoms with Crippen molar-refractivity contribution in [3.05, 3.63) is 41.6 Å². The Morgan fingerprint density at radius 2 is 1.22 bits per heavy atom. The minimum Gasteiger partial charge on any atom is -0.508 e. The van der Waals surface area contributed by atoms with Gasteiger partial charge in [0.15, 0.2) is 31.1 Å². The van der Waals surface area contributed by atoms with Gasteiger partial charge in [-0.15, -0.1) is 0 Å². The van der Waals surface area contributed by atoms with Gasteiger partial charge in [0, 0.05) is 19.9 Å². The number of benzene rings is 1. The number of nitrogens with two attached hydrogens (primary N) is 2. The highest BCUT2D eigenvalue weighted by molar-refractivity contribution is 6.03. The third-order valence-corrected chi connectivity index (χ3v) is 20.7. The van der Waals surface area contributed by atoms with Crippen LogP contribution in [0.2, 0.25) is 0 Å². The molecule has 0 radical (unpaired) electrons. The van der Waals surface area contributed by atoms with E-state index in [2.05, 4.69) is 49.5 Å². The number of likely N-dealkylation sites (N-methyl/N-ethyl adjacent to an activating group) is 1. The van der Waals surface area contributed by atoms with E-state index in [9.17, 15) is 129 Å². The standard InChI is InChI=1S/C75H119N11O35/c1-8-10-11-12-13-14-15-16-17-18-19-20-42(118-73-60(103)61(41(91)31-115-73)120-75-59(102)56(99)57(100)62(121-75)71(112)113)54(97)70(111)83-48(33(4)89)65(106)84-49-34(5)116-72(114)40(26-28-45(77)93)81-69(110)51(35(6)117-74-58(101)55(98)53(96)43(30-87)119-74)86(7)46(94)29-78-63(104)39(25-27-44(76)92)80-64(105)38(9-2)79-68(109)50(52(95)36-21-23-37(90)24-22-36)85-66(107)47(32(3)88)82-67(49)108/h9,21-24,32-35,39-43,47-62,73-75,87-91,95-103H,8,10-20,25-31H2,1-7H3,(H2,76,92)(H2,77,93)(H,78,104)(H,79,109)(H,80,105)(H,81,110)(H,82,108)(H,83,111)(H,84,106)(H,85,107)(H,112,113)/b38-9-/t32?,33?,34?,35?,39-,40+,41+,42?,43+,47?,48?,49?,50?,51?,52?,53+,54?,55-,56-,57+,58-,59+,60-,61+,62-,73-,74+,75+/m0/s1. The molecule has 11 amide bonds. The van der Waals surface area contributed by atoms with Crippen LogP contribution in [0.3, 0.4) is 0 Å². The SMILES string of the molecule is C/C=C1\NC(=O)C(C(O)c2ccc(O)cc2)NC(=O)C(C(C)O)NC(=O)C(NC(=O)C(NC(=O)C(O)C(CCCCCCCCCCCCC)O[C@@H]2OC[C@@H](O)[C@@H](O[C@@H]3O[C@H](C(=O)O)[C@H](O)[C@H](O)[C@H]3O)[C@@H]2O)C(C)O)C(C)OC(=O)[C@@H](CCC(N)=O)NC(=O)C(C(C)O[C@@H]2O[C@H](CO)[C@@H](O)[C@H](O)[C@@H]2O)N(C)C(=O)CNC(=O)[C@H](CCC(N)=O)NC1=O. The summed E-state index contributed by atoms with van der Waals surface area (Å²) < 4.78 is 39.5. The maximum absolute atomic E-state index is 15.2. The van der Waals surface area contributed by atoms with Crippen LogP contribution in [0.1, 0.15) is 156 Å². The zero-order chi connectivity index (χ0) is 90.6. The quantitative estimate of drug-likeness (QED) is 0.0169. The number of phenols is 1. The first-order chi connectivity index (χ1) is 57.0. The Morgan fingerprint density at radius 3 is 1.79 bits per heavy atom. The van der Waals surface area contributed by atoms with Crippen molar-refractivity contribution >= 4 is 76.9 Å². The summed E-state index contributed by atoms with van der Waals surface area (Å²) in [7, 11) is 0.932. The monoisotopic (exact) mass is 1730 g/mol. The predicted octanol–water partition coefficient (Wildman–Crippen LogP) is -9.46. The van der Waals surface area contributed by atoms with Crippen LogP contribution in [-0.4, -0.2) is 350 Å². The Labute approximate surface area is 695 Å². The van der Waals surface area contributed by atoms with Gasteiger partial charge in [-0.2, -0.15) is 0 Å². The number of carboxylic acids is 1. The number of carboxylic acid groups (broad SMARTS) is 1. The lowest BCUT2D eigenvalue weighted by molar-refractivity contribution is -0.349. The van der Waals surface area contributed by atoms with E-state index < -0.39 is 299 Å². The molecule has 121 heavy (non-hydrogen) atoms. The average molecular weight is 1730 g/mol. The molecule has 1 aromatic carbocycles. The second-order valence-corrected chi connectivity index (χ2v) is 30.1. The number of primary amides is 2.